The van der Waals surface area contributed by atoms with E-state index in [0.29, 0.717) is 43.9 Å². The monoisotopic (exact) mass is 863 g/mol. The minimum atomic E-state index is -0.0589. The third kappa shape index (κ3) is 33.9. The normalized spacial score (nSPS) is 14.7. The number of hydrogen-bond donors (Lipinski definition) is 1. The minimum absolute atomic E-state index is 0.0341. The number of carbonyl (C=O) groups excluding carboxylic acids is 2. The quantitative estimate of drug-likeness (QED) is 0.0482. The van der Waals surface area contributed by atoms with Gasteiger partial charge >= 0.3 is 11.9 Å². The Bertz CT molecular complexity index is 910. The van der Waals surface area contributed by atoms with Gasteiger partial charge in [0.05, 0.1) is 19.8 Å². The van der Waals surface area contributed by atoms with Gasteiger partial charge in [-0.3, -0.25) is 19.4 Å². The fourth-order valence-corrected chi connectivity index (χ4v) is 9.38. The van der Waals surface area contributed by atoms with Gasteiger partial charge in [0.25, 0.3) is 0 Å². The molecule has 0 aromatic rings. The summed E-state index contributed by atoms with van der Waals surface area (Å²) in [4.78, 5) is 32.1. The van der Waals surface area contributed by atoms with Gasteiger partial charge < -0.3 is 14.6 Å². The van der Waals surface area contributed by atoms with E-state index in [0.717, 1.165) is 77.7 Å². The number of rotatable bonds is 47. The summed E-state index contributed by atoms with van der Waals surface area (Å²) in [6, 6.07) is 0.682. The van der Waals surface area contributed by atoms with Crippen LogP contribution in [0.5, 0.6) is 0 Å². The number of unbranched alkanes of at least 4 members (excludes halogenated alkanes) is 19. The van der Waals surface area contributed by atoms with E-state index >= 15 is 0 Å². The first-order valence-corrected chi connectivity index (χ1v) is 27.3. The van der Waals surface area contributed by atoms with Crippen LogP contribution >= 0.6 is 0 Å². The highest BCUT2D eigenvalue weighted by molar-refractivity contribution is 5.70. The molecule has 0 spiro atoms. The van der Waals surface area contributed by atoms with Crippen LogP contribution in [0.2, 0.25) is 0 Å². The van der Waals surface area contributed by atoms with Crippen LogP contribution in [-0.2, 0) is 19.1 Å². The van der Waals surface area contributed by atoms with Crippen LogP contribution in [0.15, 0.2) is 0 Å². The molecular formula is C54H106N2O5. The lowest BCUT2D eigenvalue weighted by atomic mass is 9.91. The number of nitrogens with zero attached hydrogens (tertiary/aromatic N) is 2. The molecule has 0 amide bonds. The number of hydrogen-bond acceptors (Lipinski definition) is 7. The predicted octanol–water partition coefficient (Wildman–Crippen LogP) is 14.7. The maximum atomic E-state index is 13.5. The molecule has 7 nitrogen and oxygen atoms in total. The smallest absolute Gasteiger partial charge is 0.306 e. The zero-order valence-electron chi connectivity index (χ0n) is 41.7. The number of esters is 2. The summed E-state index contributed by atoms with van der Waals surface area (Å²) in [6.45, 7) is 17.2. The summed E-state index contributed by atoms with van der Waals surface area (Å²) in [5, 5.41) is 9.71. The maximum absolute atomic E-state index is 13.5. The summed E-state index contributed by atoms with van der Waals surface area (Å²) < 4.78 is 12.2. The molecule has 7 heteroatoms. The fraction of sp³-hybridized carbons (Fsp3) is 0.963. The molecule has 0 bridgehead atoms. The Kier molecular flexibility index (Phi) is 40.5. The average molecular weight is 863 g/mol. The van der Waals surface area contributed by atoms with Crippen molar-refractivity contribution in [2.24, 2.45) is 17.8 Å². The maximum Gasteiger partial charge on any atom is 0.306 e. The molecule has 61 heavy (non-hydrogen) atoms. The second-order valence-electron chi connectivity index (χ2n) is 19.6. The van der Waals surface area contributed by atoms with Crippen molar-refractivity contribution in [3.63, 3.8) is 0 Å². The van der Waals surface area contributed by atoms with E-state index in [1.807, 2.05) is 0 Å². The molecule has 1 aliphatic carbocycles. The van der Waals surface area contributed by atoms with Gasteiger partial charge in [0.15, 0.2) is 0 Å². The van der Waals surface area contributed by atoms with Crippen molar-refractivity contribution in [3.05, 3.63) is 0 Å². The van der Waals surface area contributed by atoms with Gasteiger partial charge in [-0.25, -0.2) is 0 Å². The van der Waals surface area contributed by atoms with Crippen molar-refractivity contribution < 1.29 is 24.2 Å². The van der Waals surface area contributed by atoms with E-state index in [2.05, 4.69) is 44.4 Å². The SMILES string of the molecule is CCCCCCCCC(CCCCCC)CC(=O)OCC(CCCCN(CCN(CCO)CCCCC)C1CCC1)COC(=O)CC(CCCCCC)CCCCCCCC. The summed E-state index contributed by atoms with van der Waals surface area (Å²) >= 11 is 0. The lowest BCUT2D eigenvalue weighted by Gasteiger charge is -2.39. The van der Waals surface area contributed by atoms with Crippen molar-refractivity contribution in [2.45, 2.75) is 265 Å². The first-order chi connectivity index (χ1) is 29.9. The number of aliphatic hydroxyl groups excluding tert-OH is 1. The highest BCUT2D eigenvalue weighted by atomic mass is 16.5. The Labute approximate surface area is 380 Å². The predicted molar refractivity (Wildman–Crippen MR) is 261 cm³/mol. The zero-order chi connectivity index (χ0) is 44.4. The van der Waals surface area contributed by atoms with Crippen molar-refractivity contribution >= 4 is 11.9 Å². The van der Waals surface area contributed by atoms with E-state index in [1.54, 1.807) is 0 Å². The van der Waals surface area contributed by atoms with Crippen LogP contribution in [0.3, 0.4) is 0 Å². The van der Waals surface area contributed by atoms with E-state index in [1.165, 1.54) is 167 Å². The van der Waals surface area contributed by atoms with Crippen LogP contribution in [0.25, 0.3) is 0 Å². The molecule has 0 aliphatic heterocycles. The first-order valence-electron chi connectivity index (χ1n) is 27.3. The molecule has 1 aliphatic rings. The Hall–Kier alpha value is -1.18. The fourth-order valence-electron chi connectivity index (χ4n) is 9.38. The highest BCUT2D eigenvalue weighted by Gasteiger charge is 2.25. The Morgan fingerprint density at radius 3 is 1.26 bits per heavy atom. The van der Waals surface area contributed by atoms with Gasteiger partial charge in [-0.1, -0.05) is 189 Å². The number of aliphatic hydroxyl groups is 1. The van der Waals surface area contributed by atoms with Gasteiger partial charge in [-0.15, -0.1) is 0 Å². The molecule has 362 valence electrons. The molecule has 0 radical (unpaired) electrons. The number of ether oxygens (including phenoxy) is 2. The molecule has 1 fully saturated rings. The van der Waals surface area contributed by atoms with Gasteiger partial charge in [0.1, 0.15) is 0 Å². The Balaban J connectivity index is 2.89. The summed E-state index contributed by atoms with van der Waals surface area (Å²) in [5.41, 5.74) is 0. The van der Waals surface area contributed by atoms with Crippen molar-refractivity contribution in [1.82, 2.24) is 9.80 Å². The lowest BCUT2D eigenvalue weighted by molar-refractivity contribution is -0.150. The largest absolute Gasteiger partial charge is 0.465 e. The molecule has 0 aromatic heterocycles. The molecular weight excluding hydrogens is 757 g/mol. The average Bonchev–Trinajstić information content (AvgIpc) is 3.23. The van der Waals surface area contributed by atoms with E-state index < -0.39 is 0 Å². The summed E-state index contributed by atoms with van der Waals surface area (Å²) in [7, 11) is 0. The highest BCUT2D eigenvalue weighted by Crippen LogP contribution is 2.27. The van der Waals surface area contributed by atoms with E-state index in [-0.39, 0.29) is 24.5 Å². The van der Waals surface area contributed by atoms with Crippen LogP contribution < -0.4 is 0 Å². The summed E-state index contributed by atoms with van der Waals surface area (Å²) in [5.74, 6) is 0.731. The van der Waals surface area contributed by atoms with Crippen molar-refractivity contribution in [2.75, 3.05) is 52.5 Å². The third-order valence-electron chi connectivity index (χ3n) is 13.8. The van der Waals surface area contributed by atoms with E-state index in [9.17, 15) is 14.7 Å². The molecule has 2 unspecified atom stereocenters. The van der Waals surface area contributed by atoms with Crippen LogP contribution in [0.1, 0.15) is 259 Å². The zero-order valence-corrected chi connectivity index (χ0v) is 41.7. The second-order valence-corrected chi connectivity index (χ2v) is 19.6. The molecule has 0 aromatic carbocycles. The second kappa shape index (κ2) is 42.8. The molecule has 1 saturated carbocycles. The minimum Gasteiger partial charge on any atom is -0.465 e. The molecule has 1 N–H and O–H groups in total. The first kappa shape index (κ1) is 57.8. The van der Waals surface area contributed by atoms with Crippen LogP contribution in [0, 0.1) is 17.8 Å². The Morgan fingerprint density at radius 1 is 0.459 bits per heavy atom. The molecule has 1 rings (SSSR count). The van der Waals surface area contributed by atoms with Gasteiger partial charge in [-0.05, 0) is 82.7 Å². The number of carbonyl (C=O) groups is 2. The topological polar surface area (TPSA) is 79.3 Å². The Morgan fingerprint density at radius 2 is 0.836 bits per heavy atom. The molecule has 0 heterocycles. The lowest BCUT2D eigenvalue weighted by Crippen LogP contribution is -2.45. The van der Waals surface area contributed by atoms with Gasteiger partial charge in [0.2, 0.25) is 0 Å². The molecule has 0 saturated heterocycles. The summed E-state index contributed by atoms with van der Waals surface area (Å²) in [6.07, 6.45) is 41.5. The molecule has 2 atom stereocenters. The van der Waals surface area contributed by atoms with E-state index in [4.69, 9.17) is 9.47 Å². The van der Waals surface area contributed by atoms with Gasteiger partial charge in [0, 0.05) is 44.4 Å². The standard InChI is InChI=1S/C54H106N2O5/c1-6-11-16-20-22-26-34-49(32-24-18-13-8-3)45-53(58)60-47-51(48-61-54(59)46-50(33-25-19-14-9-4)35-27-23-21-17-12-7-2)36-28-30-40-56(52-37-31-38-52)42-41-55(43-44-57)39-29-15-10-5/h49-52,57H,6-48H2,1-5H3. The third-order valence-corrected chi connectivity index (χ3v) is 13.8. The van der Waals surface area contributed by atoms with Crippen molar-refractivity contribution in [3.8, 4) is 0 Å². The van der Waals surface area contributed by atoms with Crippen LogP contribution in [0.4, 0.5) is 0 Å². The van der Waals surface area contributed by atoms with Gasteiger partial charge in [-0.2, -0.15) is 0 Å². The van der Waals surface area contributed by atoms with Crippen LogP contribution in [-0.4, -0.2) is 85.4 Å². The van der Waals surface area contributed by atoms with Crippen molar-refractivity contribution in [1.29, 1.82) is 0 Å².